The Bertz CT molecular complexity index is 204. The molecule has 1 fully saturated rings. The van der Waals surface area contributed by atoms with Crippen molar-refractivity contribution in [2.75, 3.05) is 6.54 Å². The van der Waals surface area contributed by atoms with Gasteiger partial charge in [-0.15, -0.1) is 0 Å². The van der Waals surface area contributed by atoms with Crippen LogP contribution in [-0.2, 0) is 19.1 Å². The van der Waals surface area contributed by atoms with Crippen molar-refractivity contribution in [3.8, 4) is 0 Å². The monoisotopic (exact) mass is 173 g/mol. The average molecular weight is 173 g/mol. The molecule has 1 heterocycles. The van der Waals surface area contributed by atoms with Crippen molar-refractivity contribution in [1.29, 1.82) is 0 Å². The van der Waals surface area contributed by atoms with E-state index in [-0.39, 0.29) is 0 Å². The predicted molar refractivity (Wildman–Crippen MR) is 39.1 cm³/mol. The van der Waals surface area contributed by atoms with Gasteiger partial charge in [0.15, 0.2) is 12.2 Å². The van der Waals surface area contributed by atoms with E-state index in [4.69, 9.17) is 15.2 Å². The third-order valence-corrected chi connectivity index (χ3v) is 1.58. The van der Waals surface area contributed by atoms with Crippen molar-refractivity contribution in [3.63, 3.8) is 0 Å². The standard InChI is InChI=1S/C7H11NO4/c1-4-6(9)12-5(2-3-8)7(10)11-4/h4-5H,2-3,8H2,1H3/t4-,5+/m0/s1. The maximum absolute atomic E-state index is 11.0. The minimum absolute atomic E-state index is 0.293. The van der Waals surface area contributed by atoms with E-state index in [9.17, 15) is 9.59 Å². The van der Waals surface area contributed by atoms with E-state index in [2.05, 4.69) is 0 Å². The first kappa shape index (κ1) is 8.99. The molecule has 5 heteroatoms. The van der Waals surface area contributed by atoms with Crippen LogP contribution in [0.4, 0.5) is 0 Å². The van der Waals surface area contributed by atoms with Crippen molar-refractivity contribution in [3.05, 3.63) is 0 Å². The summed E-state index contributed by atoms with van der Waals surface area (Å²) in [7, 11) is 0. The fourth-order valence-electron chi connectivity index (χ4n) is 0.911. The normalized spacial score (nSPS) is 29.5. The summed E-state index contributed by atoms with van der Waals surface area (Å²) < 4.78 is 9.45. The third kappa shape index (κ3) is 1.73. The number of carbonyl (C=O) groups is 2. The quantitative estimate of drug-likeness (QED) is 0.552. The predicted octanol–water partition coefficient (Wildman–Crippen LogP) is -0.808. The molecule has 2 atom stereocenters. The summed E-state index contributed by atoms with van der Waals surface area (Å²) in [5.74, 6) is -1.01. The zero-order chi connectivity index (χ0) is 9.14. The minimum atomic E-state index is -0.807. The molecule has 0 aromatic rings. The summed E-state index contributed by atoms with van der Waals surface area (Å²) in [5, 5.41) is 0. The molecule has 1 aliphatic heterocycles. The first-order valence-electron chi connectivity index (χ1n) is 3.76. The molecule has 1 aliphatic rings. The SMILES string of the molecule is C[C@@H]1OC(=O)[C@@H](CCN)OC1=O. The van der Waals surface area contributed by atoms with Crippen LogP contribution in [0.1, 0.15) is 13.3 Å². The van der Waals surface area contributed by atoms with E-state index in [1.807, 2.05) is 0 Å². The molecule has 0 radical (unpaired) electrons. The van der Waals surface area contributed by atoms with Gasteiger partial charge in [-0.2, -0.15) is 0 Å². The van der Waals surface area contributed by atoms with Gasteiger partial charge in [0, 0.05) is 6.42 Å². The lowest BCUT2D eigenvalue weighted by molar-refractivity contribution is -0.193. The highest BCUT2D eigenvalue weighted by Gasteiger charge is 2.34. The van der Waals surface area contributed by atoms with E-state index < -0.39 is 24.1 Å². The van der Waals surface area contributed by atoms with Gasteiger partial charge in [0.25, 0.3) is 0 Å². The molecule has 0 unspecified atom stereocenters. The van der Waals surface area contributed by atoms with E-state index in [1.54, 1.807) is 0 Å². The molecule has 12 heavy (non-hydrogen) atoms. The minimum Gasteiger partial charge on any atom is -0.448 e. The lowest BCUT2D eigenvalue weighted by Gasteiger charge is -2.24. The third-order valence-electron chi connectivity index (χ3n) is 1.58. The van der Waals surface area contributed by atoms with Gasteiger partial charge >= 0.3 is 11.9 Å². The van der Waals surface area contributed by atoms with Crippen molar-refractivity contribution in [1.82, 2.24) is 0 Å². The molecule has 68 valence electrons. The van der Waals surface area contributed by atoms with E-state index in [0.29, 0.717) is 13.0 Å². The zero-order valence-corrected chi connectivity index (χ0v) is 6.78. The number of cyclic esters (lactones) is 2. The molecule has 0 amide bonds. The van der Waals surface area contributed by atoms with Crippen molar-refractivity contribution in [2.24, 2.45) is 5.73 Å². The maximum atomic E-state index is 11.0. The fourth-order valence-corrected chi connectivity index (χ4v) is 0.911. The first-order valence-corrected chi connectivity index (χ1v) is 3.76. The van der Waals surface area contributed by atoms with Crippen LogP contribution in [0.25, 0.3) is 0 Å². The van der Waals surface area contributed by atoms with Gasteiger partial charge in [0.05, 0.1) is 0 Å². The van der Waals surface area contributed by atoms with E-state index >= 15 is 0 Å². The van der Waals surface area contributed by atoms with E-state index in [1.165, 1.54) is 6.92 Å². The molecule has 0 aromatic heterocycles. The van der Waals surface area contributed by atoms with E-state index in [0.717, 1.165) is 0 Å². The van der Waals surface area contributed by atoms with Crippen LogP contribution in [0.3, 0.4) is 0 Å². The molecule has 5 nitrogen and oxygen atoms in total. The molecule has 0 spiro atoms. The van der Waals surface area contributed by atoms with Gasteiger partial charge in [-0.05, 0) is 13.5 Å². The Morgan fingerprint density at radius 1 is 1.33 bits per heavy atom. The Morgan fingerprint density at radius 2 is 2.00 bits per heavy atom. The molecule has 0 bridgehead atoms. The lowest BCUT2D eigenvalue weighted by atomic mass is 10.2. The fraction of sp³-hybridized carbons (Fsp3) is 0.714. The molecular formula is C7H11NO4. The summed E-state index contributed by atoms with van der Waals surface area (Å²) in [4.78, 5) is 21.9. The second-order valence-electron chi connectivity index (χ2n) is 2.58. The number of nitrogens with two attached hydrogens (primary N) is 1. The molecule has 0 aliphatic carbocycles. The maximum Gasteiger partial charge on any atom is 0.348 e. The molecule has 2 N–H and O–H groups in total. The van der Waals surface area contributed by atoms with Crippen LogP contribution in [0.2, 0.25) is 0 Å². The van der Waals surface area contributed by atoms with Gasteiger partial charge in [-0.3, -0.25) is 0 Å². The Kier molecular flexibility index (Phi) is 2.65. The van der Waals surface area contributed by atoms with Gasteiger partial charge in [-0.1, -0.05) is 0 Å². The molecule has 0 saturated carbocycles. The molecule has 0 aromatic carbocycles. The number of carbonyl (C=O) groups excluding carboxylic acids is 2. The Balaban J connectivity index is 2.55. The number of hydrogen-bond acceptors (Lipinski definition) is 5. The van der Waals surface area contributed by atoms with Crippen LogP contribution >= 0.6 is 0 Å². The van der Waals surface area contributed by atoms with Crippen LogP contribution in [0, 0.1) is 0 Å². The number of hydrogen-bond donors (Lipinski definition) is 1. The van der Waals surface area contributed by atoms with Gasteiger partial charge in [0.1, 0.15) is 0 Å². The Morgan fingerprint density at radius 3 is 2.58 bits per heavy atom. The average Bonchev–Trinajstić information content (AvgIpc) is 2.01. The smallest absolute Gasteiger partial charge is 0.348 e. The summed E-state index contributed by atoms with van der Waals surface area (Å²) in [6.45, 7) is 1.76. The summed E-state index contributed by atoms with van der Waals surface area (Å²) in [6.07, 6.45) is -1.28. The number of rotatable bonds is 2. The number of ether oxygens (including phenoxy) is 2. The lowest BCUT2D eigenvalue weighted by Crippen LogP contribution is -2.43. The Hall–Kier alpha value is -1.10. The van der Waals surface area contributed by atoms with Gasteiger partial charge in [0.2, 0.25) is 0 Å². The highest BCUT2D eigenvalue weighted by molar-refractivity contribution is 5.87. The second-order valence-corrected chi connectivity index (χ2v) is 2.58. The van der Waals surface area contributed by atoms with Gasteiger partial charge in [-0.25, -0.2) is 9.59 Å². The van der Waals surface area contributed by atoms with Crippen molar-refractivity contribution < 1.29 is 19.1 Å². The highest BCUT2D eigenvalue weighted by Crippen LogP contribution is 2.11. The highest BCUT2D eigenvalue weighted by atomic mass is 16.6. The summed E-state index contributed by atoms with van der Waals surface area (Å²) >= 11 is 0. The van der Waals surface area contributed by atoms with Crippen molar-refractivity contribution in [2.45, 2.75) is 25.6 Å². The van der Waals surface area contributed by atoms with Gasteiger partial charge < -0.3 is 15.2 Å². The second kappa shape index (κ2) is 3.53. The van der Waals surface area contributed by atoms with Crippen LogP contribution in [-0.4, -0.2) is 30.7 Å². The topological polar surface area (TPSA) is 78.6 Å². The zero-order valence-electron chi connectivity index (χ0n) is 6.78. The first-order chi connectivity index (χ1) is 5.65. The summed E-state index contributed by atoms with van der Waals surface area (Å²) in [6, 6.07) is 0. The Labute approximate surface area is 69.8 Å². The van der Waals surface area contributed by atoms with Crippen LogP contribution in [0.15, 0.2) is 0 Å². The largest absolute Gasteiger partial charge is 0.448 e. The van der Waals surface area contributed by atoms with Crippen LogP contribution < -0.4 is 5.73 Å². The van der Waals surface area contributed by atoms with Crippen molar-refractivity contribution >= 4 is 11.9 Å². The molecule has 1 saturated heterocycles. The molecular weight excluding hydrogens is 162 g/mol. The number of esters is 2. The molecule has 1 rings (SSSR count). The van der Waals surface area contributed by atoms with Crippen LogP contribution in [0.5, 0.6) is 0 Å². The summed E-state index contributed by atoms with van der Waals surface area (Å²) in [5.41, 5.74) is 5.20.